The Bertz CT molecular complexity index is 364. The maximum atomic E-state index is 11.8. The van der Waals surface area contributed by atoms with Crippen molar-refractivity contribution in [3.8, 4) is 0 Å². The van der Waals surface area contributed by atoms with Gasteiger partial charge >= 0.3 is 0 Å². The molecule has 1 fully saturated rings. The number of amides is 1. The largest absolute Gasteiger partial charge is 0.393 e. The molecule has 0 unspecified atom stereocenters. The van der Waals surface area contributed by atoms with Crippen LogP contribution in [0, 0.1) is 5.92 Å². The number of rotatable bonds is 3. The van der Waals surface area contributed by atoms with Crippen molar-refractivity contribution >= 4 is 5.91 Å². The van der Waals surface area contributed by atoms with E-state index in [9.17, 15) is 9.90 Å². The van der Waals surface area contributed by atoms with E-state index in [0.717, 1.165) is 25.7 Å². The summed E-state index contributed by atoms with van der Waals surface area (Å²) >= 11 is 0. The highest BCUT2D eigenvalue weighted by atomic mass is 16.3. The van der Waals surface area contributed by atoms with Crippen LogP contribution in [-0.4, -0.2) is 23.7 Å². The van der Waals surface area contributed by atoms with Crippen LogP contribution in [-0.2, 0) is 0 Å². The highest BCUT2D eigenvalue weighted by molar-refractivity contribution is 5.94. The van der Waals surface area contributed by atoms with Crippen molar-refractivity contribution in [3.05, 3.63) is 35.9 Å². The molecule has 1 amide bonds. The van der Waals surface area contributed by atoms with Crippen LogP contribution in [0.3, 0.4) is 0 Å². The normalized spacial score (nSPS) is 24.3. The second-order valence-electron chi connectivity index (χ2n) is 4.69. The van der Waals surface area contributed by atoms with Crippen molar-refractivity contribution in [2.45, 2.75) is 31.8 Å². The number of benzene rings is 1. The minimum Gasteiger partial charge on any atom is -0.393 e. The molecule has 0 aromatic heterocycles. The van der Waals surface area contributed by atoms with Crippen LogP contribution in [0.4, 0.5) is 0 Å². The van der Waals surface area contributed by atoms with Gasteiger partial charge in [-0.3, -0.25) is 4.79 Å². The molecule has 1 aromatic carbocycles. The van der Waals surface area contributed by atoms with E-state index >= 15 is 0 Å². The maximum absolute atomic E-state index is 11.8. The third-order valence-electron chi connectivity index (χ3n) is 3.43. The first-order valence-electron chi connectivity index (χ1n) is 6.28. The predicted octanol–water partition coefficient (Wildman–Crippen LogP) is 1.97. The van der Waals surface area contributed by atoms with Crippen LogP contribution >= 0.6 is 0 Å². The lowest BCUT2D eigenvalue weighted by atomic mass is 9.86. The summed E-state index contributed by atoms with van der Waals surface area (Å²) in [6, 6.07) is 9.19. The lowest BCUT2D eigenvalue weighted by molar-refractivity contribution is 0.0663. The van der Waals surface area contributed by atoms with Gasteiger partial charge in [-0.1, -0.05) is 31.0 Å². The molecule has 92 valence electrons. The molecule has 2 rings (SSSR count). The topological polar surface area (TPSA) is 49.3 Å². The molecule has 1 aliphatic carbocycles. The molecule has 0 bridgehead atoms. The molecular weight excluding hydrogens is 214 g/mol. The summed E-state index contributed by atoms with van der Waals surface area (Å²) in [4.78, 5) is 11.8. The summed E-state index contributed by atoms with van der Waals surface area (Å²) < 4.78 is 0. The smallest absolute Gasteiger partial charge is 0.251 e. The summed E-state index contributed by atoms with van der Waals surface area (Å²) in [6.45, 7) is 0.578. The summed E-state index contributed by atoms with van der Waals surface area (Å²) in [5.41, 5.74) is 0.679. The summed E-state index contributed by atoms with van der Waals surface area (Å²) in [6.07, 6.45) is 3.88. The highest BCUT2D eigenvalue weighted by Crippen LogP contribution is 2.23. The first-order chi connectivity index (χ1) is 8.27. The number of aliphatic hydroxyl groups excluding tert-OH is 1. The van der Waals surface area contributed by atoms with Gasteiger partial charge in [-0.05, 0) is 25.0 Å². The van der Waals surface area contributed by atoms with Gasteiger partial charge in [0.05, 0.1) is 6.10 Å². The zero-order chi connectivity index (χ0) is 12.1. The van der Waals surface area contributed by atoms with Crippen LogP contribution < -0.4 is 5.32 Å². The average Bonchev–Trinajstić information content (AvgIpc) is 2.38. The van der Waals surface area contributed by atoms with Crippen LogP contribution in [0.15, 0.2) is 30.3 Å². The Hall–Kier alpha value is -1.35. The molecule has 1 aromatic rings. The highest BCUT2D eigenvalue weighted by Gasteiger charge is 2.23. The molecule has 17 heavy (non-hydrogen) atoms. The van der Waals surface area contributed by atoms with Gasteiger partial charge in [-0.2, -0.15) is 0 Å². The Balaban J connectivity index is 1.84. The summed E-state index contributed by atoms with van der Waals surface area (Å²) in [7, 11) is 0. The number of carbonyl (C=O) groups is 1. The van der Waals surface area contributed by atoms with Gasteiger partial charge in [0.15, 0.2) is 0 Å². The number of carbonyl (C=O) groups excluding carboxylic acids is 1. The van der Waals surface area contributed by atoms with Crippen LogP contribution in [0.5, 0.6) is 0 Å². The molecule has 3 nitrogen and oxygen atoms in total. The molecule has 0 aliphatic heterocycles. The summed E-state index contributed by atoms with van der Waals surface area (Å²) in [5, 5.41) is 12.7. The van der Waals surface area contributed by atoms with Gasteiger partial charge in [-0.15, -0.1) is 0 Å². The summed E-state index contributed by atoms with van der Waals surface area (Å²) in [5.74, 6) is 0.166. The quantitative estimate of drug-likeness (QED) is 0.838. The number of hydrogen-bond donors (Lipinski definition) is 2. The Morgan fingerprint density at radius 1 is 1.24 bits per heavy atom. The second kappa shape index (κ2) is 5.82. The minimum absolute atomic E-state index is 0.0524. The lowest BCUT2D eigenvalue weighted by Crippen LogP contribution is -2.36. The van der Waals surface area contributed by atoms with Crippen molar-refractivity contribution in [2.24, 2.45) is 5.92 Å². The molecule has 0 heterocycles. The van der Waals surface area contributed by atoms with Crippen molar-refractivity contribution in [1.82, 2.24) is 5.32 Å². The Morgan fingerprint density at radius 2 is 1.94 bits per heavy atom. The van der Waals surface area contributed by atoms with Crippen LogP contribution in [0.2, 0.25) is 0 Å². The van der Waals surface area contributed by atoms with Gasteiger partial charge in [0.25, 0.3) is 5.91 Å². The fourth-order valence-electron chi connectivity index (χ4n) is 2.34. The Labute approximate surface area is 102 Å². The van der Waals surface area contributed by atoms with E-state index in [0.29, 0.717) is 12.1 Å². The SMILES string of the molecule is O=C(NC[C@@H]1CCCC[C@H]1O)c1ccccc1. The average molecular weight is 233 g/mol. The Kier molecular flexibility index (Phi) is 4.15. The van der Waals surface area contributed by atoms with Gasteiger partial charge in [0.1, 0.15) is 0 Å². The third kappa shape index (κ3) is 3.30. The monoisotopic (exact) mass is 233 g/mol. The standard InChI is InChI=1S/C14H19NO2/c16-13-9-5-4-8-12(13)10-15-14(17)11-6-2-1-3-7-11/h1-3,6-7,12-13,16H,4-5,8-10H2,(H,15,17)/t12-,13+/m0/s1. The lowest BCUT2D eigenvalue weighted by Gasteiger charge is -2.27. The minimum atomic E-state index is -0.250. The zero-order valence-electron chi connectivity index (χ0n) is 9.93. The van der Waals surface area contributed by atoms with Crippen molar-refractivity contribution in [1.29, 1.82) is 0 Å². The van der Waals surface area contributed by atoms with E-state index in [2.05, 4.69) is 5.32 Å². The molecule has 2 atom stereocenters. The second-order valence-corrected chi connectivity index (χ2v) is 4.69. The molecular formula is C14H19NO2. The van der Waals surface area contributed by atoms with E-state index in [1.165, 1.54) is 0 Å². The third-order valence-corrected chi connectivity index (χ3v) is 3.43. The molecule has 1 saturated carbocycles. The molecule has 0 radical (unpaired) electrons. The molecule has 1 aliphatic rings. The van der Waals surface area contributed by atoms with E-state index in [1.54, 1.807) is 12.1 Å². The van der Waals surface area contributed by atoms with Crippen molar-refractivity contribution in [3.63, 3.8) is 0 Å². The number of hydrogen-bond acceptors (Lipinski definition) is 2. The fourth-order valence-corrected chi connectivity index (χ4v) is 2.34. The molecule has 2 N–H and O–H groups in total. The van der Waals surface area contributed by atoms with Gasteiger partial charge in [0, 0.05) is 18.0 Å². The van der Waals surface area contributed by atoms with Gasteiger partial charge < -0.3 is 10.4 Å². The van der Waals surface area contributed by atoms with Crippen LogP contribution in [0.25, 0.3) is 0 Å². The number of aliphatic hydroxyl groups is 1. The maximum Gasteiger partial charge on any atom is 0.251 e. The first-order valence-corrected chi connectivity index (χ1v) is 6.28. The number of nitrogens with one attached hydrogen (secondary N) is 1. The van der Waals surface area contributed by atoms with Crippen LogP contribution in [0.1, 0.15) is 36.0 Å². The molecule has 0 spiro atoms. The van der Waals surface area contributed by atoms with Gasteiger partial charge in [-0.25, -0.2) is 0 Å². The Morgan fingerprint density at radius 3 is 2.65 bits per heavy atom. The first kappa shape index (κ1) is 12.1. The van der Waals surface area contributed by atoms with E-state index < -0.39 is 0 Å². The van der Waals surface area contributed by atoms with E-state index in [-0.39, 0.29) is 17.9 Å². The predicted molar refractivity (Wildman–Crippen MR) is 66.7 cm³/mol. The fraction of sp³-hybridized carbons (Fsp3) is 0.500. The van der Waals surface area contributed by atoms with Crippen molar-refractivity contribution in [2.75, 3.05) is 6.54 Å². The van der Waals surface area contributed by atoms with E-state index in [1.807, 2.05) is 18.2 Å². The van der Waals surface area contributed by atoms with E-state index in [4.69, 9.17) is 0 Å². The molecule has 0 saturated heterocycles. The van der Waals surface area contributed by atoms with Gasteiger partial charge in [0.2, 0.25) is 0 Å². The molecule has 3 heteroatoms. The van der Waals surface area contributed by atoms with Crippen molar-refractivity contribution < 1.29 is 9.90 Å². The zero-order valence-corrected chi connectivity index (χ0v) is 9.93.